The van der Waals surface area contributed by atoms with Crippen LogP contribution in [-0.4, -0.2) is 42.7 Å². The highest BCUT2D eigenvalue weighted by atomic mass is 16.5. The zero-order valence-corrected chi connectivity index (χ0v) is 12.9. The molecule has 120 valence electrons. The zero-order chi connectivity index (χ0) is 15.4. The molecule has 1 saturated carbocycles. The lowest BCUT2D eigenvalue weighted by Gasteiger charge is -2.32. The van der Waals surface area contributed by atoms with E-state index in [1.165, 1.54) is 6.42 Å². The fourth-order valence-electron chi connectivity index (χ4n) is 3.10. The molecule has 0 aromatic carbocycles. The highest BCUT2D eigenvalue weighted by Crippen LogP contribution is 2.27. The number of hydrogen-bond donors (Lipinski definition) is 2. The second-order valence-electron chi connectivity index (χ2n) is 6.18. The fourth-order valence-corrected chi connectivity index (χ4v) is 3.10. The van der Waals surface area contributed by atoms with E-state index in [4.69, 9.17) is 10.5 Å². The van der Waals surface area contributed by atoms with E-state index in [0.717, 1.165) is 57.8 Å². The maximum Gasteiger partial charge on any atom is 0.244 e. The third kappa shape index (κ3) is 3.39. The summed E-state index contributed by atoms with van der Waals surface area (Å²) in [6.45, 7) is 3.17. The molecule has 1 aromatic rings. The van der Waals surface area contributed by atoms with Crippen LogP contribution in [0.2, 0.25) is 0 Å². The Labute approximate surface area is 131 Å². The van der Waals surface area contributed by atoms with Crippen molar-refractivity contribution in [3.63, 3.8) is 0 Å². The maximum atomic E-state index is 12.4. The number of nitrogens with two attached hydrogens (primary N) is 1. The largest absolute Gasteiger partial charge is 0.378 e. The molecule has 3 rings (SSSR count). The van der Waals surface area contributed by atoms with Crippen LogP contribution in [0.5, 0.6) is 0 Å². The summed E-state index contributed by atoms with van der Waals surface area (Å²) < 4.78 is 5.34. The number of nitrogens with zero attached hydrogens (tertiary/aromatic N) is 2. The predicted molar refractivity (Wildman–Crippen MR) is 85.9 cm³/mol. The first-order chi connectivity index (χ1) is 10.7. The van der Waals surface area contributed by atoms with Gasteiger partial charge in [-0.3, -0.25) is 4.79 Å². The average molecular weight is 304 g/mol. The van der Waals surface area contributed by atoms with Crippen LogP contribution >= 0.6 is 0 Å². The van der Waals surface area contributed by atoms with Crippen LogP contribution in [0, 0.1) is 0 Å². The molecule has 22 heavy (non-hydrogen) atoms. The van der Waals surface area contributed by atoms with Gasteiger partial charge in [-0.25, -0.2) is 4.98 Å². The van der Waals surface area contributed by atoms with Gasteiger partial charge in [0.1, 0.15) is 5.82 Å². The summed E-state index contributed by atoms with van der Waals surface area (Å²) in [7, 11) is 0. The number of hydrogen-bond acceptors (Lipinski definition) is 5. The highest BCUT2D eigenvalue weighted by Gasteiger charge is 2.35. The van der Waals surface area contributed by atoms with Crippen LogP contribution in [0.25, 0.3) is 0 Å². The molecule has 3 N–H and O–H groups in total. The number of pyridine rings is 1. The van der Waals surface area contributed by atoms with E-state index in [1.807, 2.05) is 12.1 Å². The van der Waals surface area contributed by atoms with Gasteiger partial charge in [-0.1, -0.05) is 19.3 Å². The van der Waals surface area contributed by atoms with Crippen molar-refractivity contribution in [2.45, 2.75) is 37.6 Å². The van der Waals surface area contributed by atoms with Crippen LogP contribution in [-0.2, 0) is 9.53 Å². The Kier molecular flexibility index (Phi) is 4.59. The average Bonchev–Trinajstić information content (AvgIpc) is 2.57. The van der Waals surface area contributed by atoms with Gasteiger partial charge in [0.25, 0.3) is 0 Å². The van der Waals surface area contributed by atoms with E-state index in [0.29, 0.717) is 5.69 Å². The molecule has 2 heterocycles. The summed E-state index contributed by atoms with van der Waals surface area (Å²) in [5.74, 6) is 0.828. The summed E-state index contributed by atoms with van der Waals surface area (Å²) in [6, 6.07) is 3.83. The van der Waals surface area contributed by atoms with E-state index < -0.39 is 5.54 Å². The van der Waals surface area contributed by atoms with Crippen LogP contribution in [0.3, 0.4) is 0 Å². The third-order valence-electron chi connectivity index (χ3n) is 4.54. The van der Waals surface area contributed by atoms with Crippen molar-refractivity contribution in [3.8, 4) is 0 Å². The molecule has 1 saturated heterocycles. The topological polar surface area (TPSA) is 80.5 Å². The molecule has 0 bridgehead atoms. The van der Waals surface area contributed by atoms with E-state index in [9.17, 15) is 4.79 Å². The van der Waals surface area contributed by atoms with Gasteiger partial charge in [-0.15, -0.1) is 0 Å². The van der Waals surface area contributed by atoms with Crippen molar-refractivity contribution in [1.29, 1.82) is 0 Å². The Hall–Kier alpha value is -1.66. The molecule has 0 spiro atoms. The van der Waals surface area contributed by atoms with Crippen LogP contribution in [0.4, 0.5) is 11.5 Å². The Bertz CT molecular complexity index is 505. The smallest absolute Gasteiger partial charge is 0.244 e. The third-order valence-corrected chi connectivity index (χ3v) is 4.54. The molecule has 6 heteroatoms. The summed E-state index contributed by atoms with van der Waals surface area (Å²) in [5.41, 5.74) is 6.23. The molecule has 6 nitrogen and oxygen atoms in total. The summed E-state index contributed by atoms with van der Waals surface area (Å²) in [5, 5.41) is 2.91. The quantitative estimate of drug-likeness (QED) is 0.885. The number of anilines is 2. The first-order valence-corrected chi connectivity index (χ1v) is 8.06. The first kappa shape index (κ1) is 15.2. The molecule has 2 aliphatic rings. The Morgan fingerprint density at radius 1 is 1.23 bits per heavy atom. The lowest BCUT2D eigenvalue weighted by Crippen LogP contribution is -2.52. The predicted octanol–water partition coefficient (Wildman–Crippen LogP) is 1.52. The number of rotatable bonds is 3. The zero-order valence-electron chi connectivity index (χ0n) is 12.9. The number of nitrogens with one attached hydrogen (secondary N) is 1. The minimum absolute atomic E-state index is 0.0897. The Morgan fingerprint density at radius 2 is 1.95 bits per heavy atom. The number of morpholine rings is 1. The van der Waals surface area contributed by atoms with Crippen molar-refractivity contribution in [2.75, 3.05) is 36.5 Å². The first-order valence-electron chi connectivity index (χ1n) is 8.06. The van der Waals surface area contributed by atoms with Crippen molar-refractivity contribution in [2.24, 2.45) is 5.73 Å². The minimum atomic E-state index is -0.721. The number of carbonyl (C=O) groups excluding carboxylic acids is 1. The molecular weight excluding hydrogens is 280 g/mol. The molecule has 0 unspecified atom stereocenters. The summed E-state index contributed by atoms with van der Waals surface area (Å²) in [4.78, 5) is 19.0. The van der Waals surface area contributed by atoms with Crippen LogP contribution < -0.4 is 16.0 Å². The SMILES string of the molecule is NC1(C(=O)Nc2ccc(N3CCOCC3)nc2)CCCCC1. The van der Waals surface area contributed by atoms with Gasteiger partial charge in [-0.05, 0) is 25.0 Å². The molecule has 1 amide bonds. The number of carbonyl (C=O) groups is 1. The van der Waals surface area contributed by atoms with Gasteiger partial charge >= 0.3 is 0 Å². The van der Waals surface area contributed by atoms with E-state index in [1.54, 1.807) is 6.20 Å². The summed E-state index contributed by atoms with van der Waals surface area (Å²) >= 11 is 0. The Balaban J connectivity index is 1.61. The second kappa shape index (κ2) is 6.62. The molecule has 1 aliphatic heterocycles. The molecule has 1 aromatic heterocycles. The van der Waals surface area contributed by atoms with E-state index >= 15 is 0 Å². The van der Waals surface area contributed by atoms with Gasteiger partial charge in [-0.2, -0.15) is 0 Å². The van der Waals surface area contributed by atoms with Gasteiger partial charge in [0.2, 0.25) is 5.91 Å². The number of aromatic nitrogens is 1. The monoisotopic (exact) mass is 304 g/mol. The van der Waals surface area contributed by atoms with E-state index in [2.05, 4.69) is 15.2 Å². The van der Waals surface area contributed by atoms with Crippen molar-refractivity contribution in [3.05, 3.63) is 18.3 Å². The maximum absolute atomic E-state index is 12.4. The van der Waals surface area contributed by atoms with Crippen LogP contribution in [0.15, 0.2) is 18.3 Å². The van der Waals surface area contributed by atoms with Crippen molar-refractivity contribution < 1.29 is 9.53 Å². The Morgan fingerprint density at radius 3 is 2.59 bits per heavy atom. The van der Waals surface area contributed by atoms with Crippen molar-refractivity contribution in [1.82, 2.24) is 4.98 Å². The standard InChI is InChI=1S/C16H24N4O2/c17-16(6-2-1-3-7-16)15(21)19-13-4-5-14(18-12-13)20-8-10-22-11-9-20/h4-5,12H,1-3,6-11,17H2,(H,19,21). The summed E-state index contributed by atoms with van der Waals surface area (Å²) in [6.07, 6.45) is 6.45. The molecule has 2 fully saturated rings. The van der Waals surface area contributed by atoms with Crippen molar-refractivity contribution >= 4 is 17.4 Å². The second-order valence-corrected chi connectivity index (χ2v) is 6.18. The fraction of sp³-hybridized carbons (Fsp3) is 0.625. The van der Waals surface area contributed by atoms with E-state index in [-0.39, 0.29) is 5.91 Å². The molecule has 1 aliphatic carbocycles. The lowest BCUT2D eigenvalue weighted by atomic mass is 9.82. The molecular formula is C16H24N4O2. The molecule has 0 radical (unpaired) electrons. The van der Waals surface area contributed by atoms with Crippen LogP contribution in [0.1, 0.15) is 32.1 Å². The number of amides is 1. The minimum Gasteiger partial charge on any atom is -0.378 e. The van der Waals surface area contributed by atoms with Gasteiger partial charge in [0.15, 0.2) is 0 Å². The number of ether oxygens (including phenoxy) is 1. The van der Waals surface area contributed by atoms with Gasteiger partial charge in [0.05, 0.1) is 30.6 Å². The highest BCUT2D eigenvalue weighted by molar-refractivity contribution is 5.97. The van der Waals surface area contributed by atoms with Gasteiger partial charge < -0.3 is 20.7 Å². The molecule has 0 atom stereocenters. The lowest BCUT2D eigenvalue weighted by molar-refractivity contribution is -0.122. The normalized spacial score (nSPS) is 21.4. The van der Waals surface area contributed by atoms with Gasteiger partial charge in [0, 0.05) is 13.1 Å².